The first-order valence-electron chi connectivity index (χ1n) is 10.7. The van der Waals surface area contributed by atoms with E-state index in [2.05, 4.69) is 10.6 Å². The van der Waals surface area contributed by atoms with Gasteiger partial charge in [0.1, 0.15) is 18.7 Å². The number of carbonyl (C=O) groups is 3. The van der Waals surface area contributed by atoms with Crippen LogP contribution in [0.3, 0.4) is 0 Å². The van der Waals surface area contributed by atoms with Crippen molar-refractivity contribution in [3.8, 4) is 0 Å². The molecule has 2 atom stereocenters. The van der Waals surface area contributed by atoms with Crippen molar-refractivity contribution in [3.63, 3.8) is 0 Å². The van der Waals surface area contributed by atoms with Crippen LogP contribution in [0.2, 0.25) is 5.02 Å². The summed E-state index contributed by atoms with van der Waals surface area (Å²) in [7, 11) is 0. The Morgan fingerprint density at radius 3 is 1.85 bits per heavy atom. The van der Waals surface area contributed by atoms with E-state index < -0.39 is 30.1 Å². The van der Waals surface area contributed by atoms with Crippen molar-refractivity contribution in [2.75, 3.05) is 0 Å². The summed E-state index contributed by atoms with van der Waals surface area (Å²) in [6.45, 7) is 0.0423. The number of amides is 2. The van der Waals surface area contributed by atoms with Crippen LogP contribution in [0, 0.1) is 0 Å². The smallest absolute Gasteiger partial charge is 0.408 e. The van der Waals surface area contributed by atoms with Crippen molar-refractivity contribution in [3.05, 3.63) is 107 Å². The zero-order valence-electron chi connectivity index (χ0n) is 18.3. The van der Waals surface area contributed by atoms with Gasteiger partial charge in [0.15, 0.2) is 0 Å². The van der Waals surface area contributed by atoms with Gasteiger partial charge in [0.05, 0.1) is 0 Å². The maximum absolute atomic E-state index is 13.1. The van der Waals surface area contributed by atoms with Gasteiger partial charge in [-0.25, -0.2) is 9.59 Å². The molecule has 0 bridgehead atoms. The third kappa shape index (κ3) is 7.94. The molecule has 7 nitrogen and oxygen atoms in total. The second kappa shape index (κ2) is 12.4. The van der Waals surface area contributed by atoms with Crippen LogP contribution in [-0.4, -0.2) is 35.2 Å². The number of nitrogens with one attached hydrogen (secondary N) is 2. The van der Waals surface area contributed by atoms with E-state index >= 15 is 0 Å². The van der Waals surface area contributed by atoms with E-state index in [9.17, 15) is 19.5 Å². The Hall–Kier alpha value is -3.84. The molecule has 0 heterocycles. The van der Waals surface area contributed by atoms with Crippen LogP contribution in [0.15, 0.2) is 84.9 Å². The monoisotopic (exact) mass is 480 g/mol. The van der Waals surface area contributed by atoms with Crippen molar-refractivity contribution in [2.45, 2.75) is 31.5 Å². The first kappa shape index (κ1) is 24.8. The van der Waals surface area contributed by atoms with Gasteiger partial charge in [-0.15, -0.1) is 0 Å². The van der Waals surface area contributed by atoms with E-state index in [0.717, 1.165) is 11.1 Å². The van der Waals surface area contributed by atoms with Crippen molar-refractivity contribution in [1.29, 1.82) is 0 Å². The zero-order valence-corrected chi connectivity index (χ0v) is 19.1. The second-order valence-electron chi connectivity index (χ2n) is 7.68. The highest BCUT2D eigenvalue weighted by molar-refractivity contribution is 6.30. The van der Waals surface area contributed by atoms with Gasteiger partial charge in [-0.05, 0) is 28.8 Å². The quantitative estimate of drug-likeness (QED) is 0.407. The molecule has 0 aliphatic heterocycles. The molecule has 3 N–H and O–H groups in total. The molecule has 0 aliphatic rings. The normalized spacial score (nSPS) is 12.3. The minimum Gasteiger partial charge on any atom is -0.480 e. The Labute approximate surface area is 202 Å². The van der Waals surface area contributed by atoms with Gasteiger partial charge in [-0.1, -0.05) is 84.4 Å². The molecule has 0 unspecified atom stereocenters. The highest BCUT2D eigenvalue weighted by atomic mass is 35.5. The van der Waals surface area contributed by atoms with E-state index in [4.69, 9.17) is 16.3 Å². The lowest BCUT2D eigenvalue weighted by molar-refractivity contribution is -0.142. The maximum Gasteiger partial charge on any atom is 0.408 e. The number of aliphatic carboxylic acids is 1. The summed E-state index contributed by atoms with van der Waals surface area (Å²) in [5, 5.41) is 15.3. The van der Waals surface area contributed by atoms with E-state index in [0.29, 0.717) is 10.6 Å². The van der Waals surface area contributed by atoms with E-state index in [1.807, 2.05) is 60.7 Å². The van der Waals surface area contributed by atoms with Crippen molar-refractivity contribution < 1.29 is 24.2 Å². The number of ether oxygens (including phenoxy) is 1. The molecular weight excluding hydrogens is 456 g/mol. The van der Waals surface area contributed by atoms with Crippen LogP contribution < -0.4 is 10.6 Å². The van der Waals surface area contributed by atoms with Crippen molar-refractivity contribution >= 4 is 29.6 Å². The second-order valence-corrected chi connectivity index (χ2v) is 8.11. The molecular formula is C26H25ClN2O5. The number of rotatable bonds is 10. The number of carbonyl (C=O) groups excluding carboxylic acids is 2. The standard InChI is InChI=1S/C26H25ClN2O5/c27-21-13-11-19(12-14-21)16-23(25(31)32)28-24(30)22(15-18-7-3-1-4-8-18)29-26(33)34-17-20-9-5-2-6-10-20/h1-14,22-23H,15-17H2,(H,28,30)(H,29,33)(H,31,32)/t22-,23+/m1/s1. The lowest BCUT2D eigenvalue weighted by Gasteiger charge is -2.21. The Kier molecular flexibility index (Phi) is 9.05. The average Bonchev–Trinajstić information content (AvgIpc) is 2.84. The van der Waals surface area contributed by atoms with Gasteiger partial charge in [-0.2, -0.15) is 0 Å². The molecule has 0 aliphatic carbocycles. The highest BCUT2D eigenvalue weighted by Crippen LogP contribution is 2.12. The summed E-state index contributed by atoms with van der Waals surface area (Å²) in [4.78, 5) is 37.3. The minimum atomic E-state index is -1.19. The van der Waals surface area contributed by atoms with Gasteiger partial charge in [-0.3, -0.25) is 4.79 Å². The largest absolute Gasteiger partial charge is 0.480 e. The Morgan fingerprint density at radius 1 is 0.735 bits per heavy atom. The van der Waals surface area contributed by atoms with E-state index in [-0.39, 0.29) is 19.4 Å². The topological polar surface area (TPSA) is 105 Å². The van der Waals surface area contributed by atoms with Crippen molar-refractivity contribution in [1.82, 2.24) is 10.6 Å². The summed E-state index contributed by atoms with van der Waals surface area (Å²) in [5.41, 5.74) is 2.30. The predicted octanol–water partition coefficient (Wildman–Crippen LogP) is 3.99. The molecule has 0 aromatic heterocycles. The summed E-state index contributed by atoms with van der Waals surface area (Å²) >= 11 is 5.89. The number of halogens is 1. The van der Waals surface area contributed by atoms with Gasteiger partial charge >= 0.3 is 12.1 Å². The van der Waals surface area contributed by atoms with Crippen LogP contribution in [0.5, 0.6) is 0 Å². The van der Waals surface area contributed by atoms with Gasteiger partial charge in [0.2, 0.25) is 5.91 Å². The molecule has 0 spiro atoms. The number of carboxylic acids is 1. The van der Waals surface area contributed by atoms with Gasteiger partial charge < -0.3 is 20.5 Å². The lowest BCUT2D eigenvalue weighted by Crippen LogP contribution is -2.53. The number of alkyl carbamates (subject to hydrolysis) is 1. The maximum atomic E-state index is 13.1. The third-order valence-electron chi connectivity index (χ3n) is 5.07. The molecule has 3 rings (SSSR count). The Bertz CT molecular complexity index is 1090. The first-order valence-corrected chi connectivity index (χ1v) is 11.1. The fourth-order valence-electron chi connectivity index (χ4n) is 3.29. The fraction of sp³-hybridized carbons (Fsp3) is 0.192. The van der Waals surface area contributed by atoms with Crippen LogP contribution in [0.25, 0.3) is 0 Å². The average molecular weight is 481 g/mol. The minimum absolute atomic E-state index is 0.0423. The van der Waals surface area contributed by atoms with Gasteiger partial charge in [0, 0.05) is 17.9 Å². The van der Waals surface area contributed by atoms with E-state index in [1.165, 1.54) is 0 Å². The van der Waals surface area contributed by atoms with Crippen molar-refractivity contribution in [2.24, 2.45) is 0 Å². The van der Waals surface area contributed by atoms with E-state index in [1.54, 1.807) is 24.3 Å². The number of hydrogen-bond acceptors (Lipinski definition) is 4. The molecule has 0 saturated heterocycles. The highest BCUT2D eigenvalue weighted by Gasteiger charge is 2.27. The number of hydrogen-bond donors (Lipinski definition) is 3. The first-order chi connectivity index (χ1) is 16.4. The summed E-state index contributed by atoms with van der Waals surface area (Å²) in [6, 6.07) is 22.7. The molecule has 3 aromatic rings. The van der Waals surface area contributed by atoms with Crippen LogP contribution in [0.1, 0.15) is 16.7 Å². The Balaban J connectivity index is 1.68. The molecule has 34 heavy (non-hydrogen) atoms. The zero-order chi connectivity index (χ0) is 24.3. The summed E-state index contributed by atoms with van der Waals surface area (Å²) in [5.74, 6) is -1.81. The third-order valence-corrected chi connectivity index (χ3v) is 5.32. The Morgan fingerprint density at radius 2 is 1.26 bits per heavy atom. The molecule has 0 fully saturated rings. The molecule has 176 valence electrons. The van der Waals surface area contributed by atoms with Gasteiger partial charge in [0.25, 0.3) is 0 Å². The summed E-state index contributed by atoms with van der Waals surface area (Å²) in [6.07, 6.45) is -0.542. The molecule has 3 aromatic carbocycles. The SMILES string of the molecule is O=C(N[C@H](Cc1ccccc1)C(=O)N[C@@H](Cc1ccc(Cl)cc1)C(=O)O)OCc1ccccc1. The number of benzene rings is 3. The fourth-order valence-corrected chi connectivity index (χ4v) is 3.42. The van der Waals surface area contributed by atoms with Crippen LogP contribution in [0.4, 0.5) is 4.79 Å². The van der Waals surface area contributed by atoms with Crippen LogP contribution in [-0.2, 0) is 33.8 Å². The number of carboxylic acid groups (broad SMARTS) is 1. The lowest BCUT2D eigenvalue weighted by atomic mass is 10.0. The summed E-state index contributed by atoms with van der Waals surface area (Å²) < 4.78 is 5.25. The molecule has 0 radical (unpaired) electrons. The van der Waals surface area contributed by atoms with Crippen LogP contribution >= 0.6 is 11.6 Å². The molecule has 8 heteroatoms. The molecule has 2 amide bonds. The molecule has 0 saturated carbocycles. The predicted molar refractivity (Wildman–Crippen MR) is 128 cm³/mol.